The fourth-order valence-electron chi connectivity index (χ4n) is 4.31. The Bertz CT molecular complexity index is 1350. The number of guanidine groups is 1. The van der Waals surface area contributed by atoms with Crippen LogP contribution in [-0.4, -0.2) is 54.8 Å². The third-order valence-electron chi connectivity index (χ3n) is 6.21. The molecular formula is C22H25ClN6O3S2. The van der Waals surface area contributed by atoms with Crippen LogP contribution in [0.5, 0.6) is 0 Å². The van der Waals surface area contributed by atoms with Gasteiger partial charge in [-0.3, -0.25) is 0 Å². The van der Waals surface area contributed by atoms with Crippen molar-refractivity contribution in [2.24, 2.45) is 10.7 Å². The van der Waals surface area contributed by atoms with Crippen LogP contribution in [0.2, 0.25) is 5.02 Å². The van der Waals surface area contributed by atoms with Gasteiger partial charge in [-0.2, -0.15) is 0 Å². The van der Waals surface area contributed by atoms with E-state index in [4.69, 9.17) is 21.8 Å². The molecule has 2 aliphatic rings. The third kappa shape index (κ3) is 4.16. The average Bonchev–Trinajstić information content (AvgIpc) is 3.45. The second kappa shape index (κ2) is 8.54. The van der Waals surface area contributed by atoms with Crippen LogP contribution in [0.4, 0.5) is 5.69 Å². The van der Waals surface area contributed by atoms with Gasteiger partial charge in [0, 0.05) is 31.4 Å². The van der Waals surface area contributed by atoms with Crippen LogP contribution < -0.4 is 10.6 Å². The molecule has 9 nitrogen and oxygen atoms in total. The number of thiophene rings is 1. The van der Waals surface area contributed by atoms with Crippen molar-refractivity contribution >= 4 is 44.6 Å². The largest absolute Gasteiger partial charge is 0.415 e. The molecule has 1 atom stereocenters. The first kappa shape index (κ1) is 23.1. The molecule has 4 heterocycles. The van der Waals surface area contributed by atoms with Crippen molar-refractivity contribution in [2.75, 3.05) is 30.8 Å². The smallest absolute Gasteiger partial charge is 0.258 e. The number of aromatic nitrogens is 2. The molecule has 0 aliphatic carbocycles. The van der Waals surface area contributed by atoms with Gasteiger partial charge >= 0.3 is 0 Å². The van der Waals surface area contributed by atoms with Crippen molar-refractivity contribution in [3.05, 3.63) is 40.2 Å². The molecule has 0 amide bonds. The SMILES string of the molecule is CN1C(N)=N[C@](C)(c2sc(-c3nnc(-c4ccc(N5CCCCC5)cc4)o3)cc2Cl)CS1(=O)=O. The van der Waals surface area contributed by atoms with E-state index in [0.717, 1.165) is 23.0 Å². The molecule has 180 valence electrons. The van der Waals surface area contributed by atoms with Crippen molar-refractivity contribution in [1.29, 1.82) is 0 Å². The maximum Gasteiger partial charge on any atom is 0.258 e. The van der Waals surface area contributed by atoms with Crippen molar-refractivity contribution in [2.45, 2.75) is 31.7 Å². The van der Waals surface area contributed by atoms with E-state index in [1.165, 1.54) is 43.3 Å². The van der Waals surface area contributed by atoms with E-state index >= 15 is 0 Å². The number of piperidine rings is 1. The molecule has 34 heavy (non-hydrogen) atoms. The molecule has 1 saturated heterocycles. The summed E-state index contributed by atoms with van der Waals surface area (Å²) in [5.74, 6) is 0.397. The first-order chi connectivity index (χ1) is 16.2. The number of nitrogens with zero attached hydrogens (tertiary/aromatic N) is 5. The van der Waals surface area contributed by atoms with Crippen molar-refractivity contribution in [3.8, 4) is 22.2 Å². The van der Waals surface area contributed by atoms with Gasteiger partial charge in [0.2, 0.25) is 21.9 Å². The summed E-state index contributed by atoms with van der Waals surface area (Å²) in [4.78, 5) is 8.03. The van der Waals surface area contributed by atoms with Crippen LogP contribution in [0.3, 0.4) is 0 Å². The normalized spacial score (nSPS) is 22.6. The second-order valence-corrected chi connectivity index (χ2v) is 12.2. The van der Waals surface area contributed by atoms with Gasteiger partial charge in [0.05, 0.1) is 20.5 Å². The molecule has 5 rings (SSSR count). The fraction of sp³-hybridized carbons (Fsp3) is 0.409. The zero-order chi connectivity index (χ0) is 24.1. The molecule has 3 aromatic rings. The lowest BCUT2D eigenvalue weighted by atomic mass is 10.0. The number of aliphatic imine (C=N–C) groups is 1. The number of nitrogens with two attached hydrogens (primary N) is 1. The lowest BCUT2D eigenvalue weighted by Crippen LogP contribution is -2.50. The van der Waals surface area contributed by atoms with Crippen LogP contribution in [0.1, 0.15) is 31.1 Å². The van der Waals surface area contributed by atoms with Crippen LogP contribution >= 0.6 is 22.9 Å². The van der Waals surface area contributed by atoms with Gasteiger partial charge in [0.15, 0.2) is 0 Å². The van der Waals surface area contributed by atoms with E-state index in [2.05, 4.69) is 32.2 Å². The zero-order valence-electron chi connectivity index (χ0n) is 18.9. The molecule has 12 heteroatoms. The summed E-state index contributed by atoms with van der Waals surface area (Å²) in [6.07, 6.45) is 3.74. The van der Waals surface area contributed by atoms with Crippen molar-refractivity contribution in [1.82, 2.24) is 14.5 Å². The predicted octanol–water partition coefficient (Wildman–Crippen LogP) is 3.91. The summed E-state index contributed by atoms with van der Waals surface area (Å²) in [5, 5.41) is 8.77. The Labute approximate surface area is 207 Å². The Morgan fingerprint density at radius 3 is 2.47 bits per heavy atom. The molecule has 1 aromatic carbocycles. The summed E-state index contributed by atoms with van der Waals surface area (Å²) in [6, 6.07) is 9.81. The van der Waals surface area contributed by atoms with E-state index in [9.17, 15) is 8.42 Å². The molecule has 0 saturated carbocycles. The van der Waals surface area contributed by atoms with Gasteiger partial charge in [-0.05, 0) is 56.5 Å². The number of anilines is 1. The molecule has 2 aromatic heterocycles. The molecule has 0 unspecified atom stereocenters. The average molecular weight is 521 g/mol. The van der Waals surface area contributed by atoms with Crippen LogP contribution in [-0.2, 0) is 15.6 Å². The van der Waals surface area contributed by atoms with E-state index < -0.39 is 15.6 Å². The van der Waals surface area contributed by atoms with Gasteiger partial charge in [0.25, 0.3) is 5.89 Å². The van der Waals surface area contributed by atoms with Gasteiger partial charge < -0.3 is 15.1 Å². The number of hydrogen-bond acceptors (Lipinski definition) is 9. The maximum absolute atomic E-state index is 12.5. The summed E-state index contributed by atoms with van der Waals surface area (Å²) in [5.41, 5.74) is 6.79. The van der Waals surface area contributed by atoms with E-state index in [1.54, 1.807) is 13.0 Å². The summed E-state index contributed by atoms with van der Waals surface area (Å²) in [6.45, 7) is 3.87. The Morgan fingerprint density at radius 2 is 1.79 bits per heavy atom. The van der Waals surface area contributed by atoms with Crippen LogP contribution in [0.25, 0.3) is 22.2 Å². The molecule has 0 bridgehead atoms. The zero-order valence-corrected chi connectivity index (χ0v) is 21.3. The van der Waals surface area contributed by atoms with Crippen molar-refractivity contribution < 1.29 is 12.8 Å². The molecule has 0 spiro atoms. The summed E-state index contributed by atoms with van der Waals surface area (Å²) < 4.78 is 32.0. The number of rotatable bonds is 4. The fourth-order valence-corrected chi connectivity index (χ4v) is 7.40. The molecular weight excluding hydrogens is 496 g/mol. The first-order valence-electron chi connectivity index (χ1n) is 11.0. The highest BCUT2D eigenvalue weighted by Gasteiger charge is 2.42. The molecule has 2 N–H and O–H groups in total. The minimum atomic E-state index is -3.61. The Morgan fingerprint density at radius 1 is 1.12 bits per heavy atom. The van der Waals surface area contributed by atoms with Crippen LogP contribution in [0.15, 0.2) is 39.7 Å². The number of hydrogen-bond donors (Lipinski definition) is 1. The Kier molecular flexibility index (Phi) is 5.81. The first-order valence-corrected chi connectivity index (χ1v) is 13.8. The molecule has 2 aliphatic heterocycles. The molecule has 0 radical (unpaired) electrons. The molecule has 1 fully saturated rings. The van der Waals surface area contributed by atoms with Gasteiger partial charge in [0.1, 0.15) is 5.54 Å². The number of halogens is 1. The summed E-state index contributed by atoms with van der Waals surface area (Å²) in [7, 11) is -2.23. The Balaban J connectivity index is 1.41. The standard InChI is InChI=1S/C22H25ClN6O3S2/c1-22(13-34(30,31)28(2)21(24)25-22)18-16(23)12-17(33-18)20-27-26-19(32-20)14-6-8-15(9-7-14)29-10-4-3-5-11-29/h6-9,12H,3-5,10-11,13H2,1-2H3,(H2,24,25)/t22-/m0/s1. The monoisotopic (exact) mass is 520 g/mol. The number of sulfonamides is 1. The predicted molar refractivity (Wildman–Crippen MR) is 135 cm³/mol. The van der Waals surface area contributed by atoms with E-state index in [0.29, 0.717) is 26.6 Å². The quantitative estimate of drug-likeness (QED) is 0.554. The van der Waals surface area contributed by atoms with Gasteiger partial charge in [-0.25, -0.2) is 17.7 Å². The highest BCUT2D eigenvalue weighted by Crippen LogP contribution is 2.44. The van der Waals surface area contributed by atoms with Crippen LogP contribution in [0, 0.1) is 0 Å². The lowest BCUT2D eigenvalue weighted by Gasteiger charge is -2.33. The maximum atomic E-state index is 12.5. The summed E-state index contributed by atoms with van der Waals surface area (Å²) >= 11 is 7.78. The Hall–Kier alpha value is -2.63. The van der Waals surface area contributed by atoms with Crippen molar-refractivity contribution in [3.63, 3.8) is 0 Å². The topological polar surface area (TPSA) is 118 Å². The second-order valence-electron chi connectivity index (χ2n) is 8.76. The minimum Gasteiger partial charge on any atom is -0.415 e. The highest BCUT2D eigenvalue weighted by molar-refractivity contribution is 7.89. The highest BCUT2D eigenvalue weighted by atomic mass is 35.5. The van der Waals surface area contributed by atoms with Gasteiger partial charge in [-0.15, -0.1) is 21.5 Å². The lowest BCUT2D eigenvalue weighted by molar-refractivity contribution is 0.482. The van der Waals surface area contributed by atoms with Gasteiger partial charge in [-0.1, -0.05) is 11.6 Å². The van der Waals surface area contributed by atoms with E-state index in [-0.39, 0.29) is 11.7 Å². The minimum absolute atomic E-state index is 0.0761. The van der Waals surface area contributed by atoms with E-state index in [1.807, 2.05) is 12.1 Å². The number of benzene rings is 1. The third-order valence-corrected chi connectivity index (χ3v) is 9.95.